The van der Waals surface area contributed by atoms with Gasteiger partial charge in [-0.2, -0.15) is 0 Å². The minimum atomic E-state index is -0.395. The second-order valence-corrected chi connectivity index (χ2v) is 8.75. The Morgan fingerprint density at radius 3 is 2.41 bits per heavy atom. The van der Waals surface area contributed by atoms with Crippen LogP contribution in [0.4, 0.5) is 4.39 Å². The van der Waals surface area contributed by atoms with Gasteiger partial charge < -0.3 is 19.4 Å². The number of carbonyl (C=O) groups excluding carboxylic acids is 2. The molecule has 0 N–H and O–H groups in total. The van der Waals surface area contributed by atoms with Gasteiger partial charge in [-0.1, -0.05) is 23.2 Å². The zero-order chi connectivity index (χ0) is 23.3. The van der Waals surface area contributed by atoms with Gasteiger partial charge in [0.05, 0.1) is 22.8 Å². The molecule has 0 aromatic heterocycles. The molecule has 1 aliphatic rings. The number of amides is 2. The van der Waals surface area contributed by atoms with Crippen molar-refractivity contribution in [3.05, 3.63) is 69.5 Å². The number of hydrogen-bond acceptors (Lipinski definition) is 4. The molecule has 3 rings (SSSR count). The average molecular weight is 482 g/mol. The Hall–Kier alpha value is -2.19. The molecule has 9 heteroatoms. The van der Waals surface area contributed by atoms with Gasteiger partial charge in [-0.3, -0.25) is 9.59 Å². The van der Waals surface area contributed by atoms with E-state index in [1.165, 1.54) is 24.3 Å². The van der Waals surface area contributed by atoms with Crippen LogP contribution in [0.15, 0.2) is 42.5 Å². The van der Waals surface area contributed by atoms with Crippen LogP contribution in [-0.4, -0.2) is 86.0 Å². The Kier molecular flexibility index (Phi) is 8.48. The molecule has 0 aliphatic carbocycles. The molecule has 0 radical (unpaired) electrons. The first-order valence-electron chi connectivity index (χ1n) is 10.3. The van der Waals surface area contributed by atoms with Crippen LogP contribution in [0.2, 0.25) is 10.0 Å². The summed E-state index contributed by atoms with van der Waals surface area (Å²) in [4.78, 5) is 31.4. The summed E-state index contributed by atoms with van der Waals surface area (Å²) in [5.74, 6) is -0.765. The van der Waals surface area contributed by atoms with E-state index in [0.29, 0.717) is 60.5 Å². The van der Waals surface area contributed by atoms with Gasteiger partial charge in [-0.25, -0.2) is 4.39 Å². The van der Waals surface area contributed by atoms with Gasteiger partial charge in [0.1, 0.15) is 5.82 Å². The lowest BCUT2D eigenvalue weighted by Gasteiger charge is -2.36. The number of likely N-dealkylation sites (N-methyl/N-ethyl adjacent to an activating group) is 1. The van der Waals surface area contributed by atoms with Crippen LogP contribution in [0.1, 0.15) is 20.7 Å². The Morgan fingerprint density at radius 2 is 1.75 bits per heavy atom. The molecule has 1 heterocycles. The molecule has 1 saturated heterocycles. The molecular weight excluding hydrogens is 456 g/mol. The highest BCUT2D eigenvalue weighted by atomic mass is 35.5. The first kappa shape index (κ1) is 24.5. The van der Waals surface area contributed by atoms with Gasteiger partial charge in [0.15, 0.2) is 0 Å². The number of nitrogens with zero attached hydrogens (tertiary/aromatic N) is 3. The molecule has 32 heavy (non-hydrogen) atoms. The molecule has 1 atom stereocenters. The van der Waals surface area contributed by atoms with Crippen LogP contribution >= 0.6 is 23.2 Å². The number of halogens is 3. The quantitative estimate of drug-likeness (QED) is 0.605. The van der Waals surface area contributed by atoms with Gasteiger partial charge in [-0.05, 0) is 56.6 Å². The second-order valence-electron chi connectivity index (χ2n) is 7.93. The summed E-state index contributed by atoms with van der Waals surface area (Å²) in [6, 6.07) is 10.3. The fourth-order valence-electron chi connectivity index (χ4n) is 3.44. The molecule has 1 unspecified atom stereocenters. The lowest BCUT2D eigenvalue weighted by atomic mass is 10.1. The number of hydrogen-bond donors (Lipinski definition) is 0. The maximum absolute atomic E-state index is 13.3. The van der Waals surface area contributed by atoms with Crippen LogP contribution in [-0.2, 0) is 4.74 Å². The number of rotatable bonds is 7. The fourth-order valence-corrected chi connectivity index (χ4v) is 3.74. The van der Waals surface area contributed by atoms with Crippen molar-refractivity contribution >= 4 is 35.0 Å². The summed E-state index contributed by atoms with van der Waals surface area (Å²) in [5, 5.41) is 0.709. The SMILES string of the molecule is CN(C)CCN(CC1CN(C(=O)c2ccc(Cl)c(Cl)c2)CCO1)C(=O)c1ccc(F)cc1. The summed E-state index contributed by atoms with van der Waals surface area (Å²) in [7, 11) is 3.85. The second kappa shape index (κ2) is 11.1. The van der Waals surface area contributed by atoms with Crippen LogP contribution in [0.25, 0.3) is 0 Å². The summed E-state index contributed by atoms with van der Waals surface area (Å²) in [6.45, 7) is 2.60. The molecular formula is C23H26Cl2FN3O3. The summed E-state index contributed by atoms with van der Waals surface area (Å²) in [5.41, 5.74) is 0.858. The summed E-state index contributed by atoms with van der Waals surface area (Å²) < 4.78 is 19.1. The number of carbonyl (C=O) groups is 2. The van der Waals surface area contributed by atoms with Crippen molar-refractivity contribution in [2.24, 2.45) is 0 Å². The van der Waals surface area contributed by atoms with Crippen molar-refractivity contribution in [3.63, 3.8) is 0 Å². The molecule has 2 aromatic carbocycles. The van der Waals surface area contributed by atoms with Crippen molar-refractivity contribution in [2.75, 3.05) is 53.4 Å². The third kappa shape index (κ3) is 6.42. The van der Waals surface area contributed by atoms with Crippen molar-refractivity contribution < 1.29 is 18.7 Å². The van der Waals surface area contributed by atoms with E-state index in [2.05, 4.69) is 0 Å². The minimum absolute atomic E-state index is 0.165. The highest BCUT2D eigenvalue weighted by Gasteiger charge is 2.28. The largest absolute Gasteiger partial charge is 0.373 e. The fraction of sp³-hybridized carbons (Fsp3) is 0.391. The summed E-state index contributed by atoms with van der Waals surface area (Å²) >= 11 is 12.0. The van der Waals surface area contributed by atoms with E-state index in [-0.39, 0.29) is 17.9 Å². The van der Waals surface area contributed by atoms with Crippen LogP contribution < -0.4 is 0 Å². The Morgan fingerprint density at radius 1 is 1.06 bits per heavy atom. The van der Waals surface area contributed by atoms with Gasteiger partial charge in [0.2, 0.25) is 0 Å². The Balaban J connectivity index is 1.70. The third-order valence-electron chi connectivity index (χ3n) is 5.21. The van der Waals surface area contributed by atoms with E-state index in [4.69, 9.17) is 27.9 Å². The highest BCUT2D eigenvalue weighted by molar-refractivity contribution is 6.42. The molecule has 6 nitrogen and oxygen atoms in total. The smallest absolute Gasteiger partial charge is 0.254 e. The van der Waals surface area contributed by atoms with Crippen molar-refractivity contribution in [3.8, 4) is 0 Å². The lowest BCUT2D eigenvalue weighted by molar-refractivity contribution is -0.0334. The topological polar surface area (TPSA) is 53.1 Å². The van der Waals surface area contributed by atoms with E-state index in [1.807, 2.05) is 19.0 Å². The molecule has 172 valence electrons. The van der Waals surface area contributed by atoms with E-state index < -0.39 is 5.82 Å². The van der Waals surface area contributed by atoms with E-state index >= 15 is 0 Å². The summed E-state index contributed by atoms with van der Waals surface area (Å²) in [6.07, 6.45) is -0.345. The van der Waals surface area contributed by atoms with E-state index in [9.17, 15) is 14.0 Å². The zero-order valence-electron chi connectivity index (χ0n) is 18.1. The van der Waals surface area contributed by atoms with Gasteiger partial charge in [0.25, 0.3) is 11.8 Å². The Labute approximate surface area is 197 Å². The maximum Gasteiger partial charge on any atom is 0.254 e. The number of benzene rings is 2. The highest BCUT2D eigenvalue weighted by Crippen LogP contribution is 2.24. The molecule has 0 spiro atoms. The van der Waals surface area contributed by atoms with E-state index in [0.717, 1.165) is 0 Å². The standard InChI is InChI=1S/C23H26Cl2FN3O3/c1-27(2)9-10-28(22(30)16-3-6-18(26)7-4-16)14-19-15-29(11-12-32-19)23(31)17-5-8-20(24)21(25)13-17/h3-8,13,19H,9-12,14-15H2,1-2H3. The van der Waals surface area contributed by atoms with Gasteiger partial charge >= 0.3 is 0 Å². The number of ether oxygens (including phenoxy) is 1. The van der Waals surface area contributed by atoms with Gasteiger partial charge in [-0.15, -0.1) is 0 Å². The first-order chi connectivity index (χ1) is 15.2. The van der Waals surface area contributed by atoms with Crippen LogP contribution in [0.5, 0.6) is 0 Å². The third-order valence-corrected chi connectivity index (χ3v) is 5.95. The minimum Gasteiger partial charge on any atom is -0.373 e. The lowest BCUT2D eigenvalue weighted by Crippen LogP contribution is -2.51. The van der Waals surface area contributed by atoms with Crippen molar-refractivity contribution in [1.29, 1.82) is 0 Å². The molecule has 2 amide bonds. The normalized spacial score (nSPS) is 16.3. The van der Waals surface area contributed by atoms with Crippen molar-refractivity contribution in [2.45, 2.75) is 6.10 Å². The van der Waals surface area contributed by atoms with Crippen LogP contribution in [0, 0.1) is 5.82 Å². The molecule has 0 bridgehead atoms. The van der Waals surface area contributed by atoms with Crippen LogP contribution in [0.3, 0.4) is 0 Å². The van der Waals surface area contributed by atoms with Crippen molar-refractivity contribution in [1.82, 2.24) is 14.7 Å². The van der Waals surface area contributed by atoms with E-state index in [1.54, 1.807) is 28.0 Å². The first-order valence-corrected chi connectivity index (χ1v) is 11.1. The zero-order valence-corrected chi connectivity index (χ0v) is 19.6. The predicted octanol–water partition coefficient (Wildman–Crippen LogP) is 3.68. The predicted molar refractivity (Wildman–Crippen MR) is 123 cm³/mol. The maximum atomic E-state index is 13.3. The molecule has 1 aliphatic heterocycles. The molecule has 1 fully saturated rings. The number of morpholine rings is 1. The Bertz CT molecular complexity index is 956. The monoisotopic (exact) mass is 481 g/mol. The molecule has 0 saturated carbocycles. The van der Waals surface area contributed by atoms with Gasteiger partial charge in [0, 0.05) is 43.9 Å². The average Bonchev–Trinajstić information content (AvgIpc) is 2.78. The molecule has 2 aromatic rings.